The minimum Gasteiger partial charge on any atom is -0.444 e. The van der Waals surface area contributed by atoms with Crippen LogP contribution in [0.1, 0.15) is 68.5 Å². The summed E-state index contributed by atoms with van der Waals surface area (Å²) in [5.74, 6) is -0.272. The van der Waals surface area contributed by atoms with Crippen molar-refractivity contribution in [1.29, 1.82) is 0 Å². The van der Waals surface area contributed by atoms with Crippen LogP contribution >= 0.6 is 11.6 Å². The highest BCUT2D eigenvalue weighted by Gasteiger charge is 2.36. The van der Waals surface area contributed by atoms with Crippen molar-refractivity contribution in [3.8, 4) is 0 Å². The van der Waals surface area contributed by atoms with Crippen molar-refractivity contribution >= 4 is 40.2 Å². The Bertz CT molecular complexity index is 1450. The molecule has 0 unspecified atom stereocenters. The molecule has 1 saturated carbocycles. The van der Waals surface area contributed by atoms with Crippen LogP contribution in [0, 0.1) is 0 Å². The number of pyridine rings is 1. The summed E-state index contributed by atoms with van der Waals surface area (Å²) < 4.78 is 47.6. The summed E-state index contributed by atoms with van der Waals surface area (Å²) in [6, 6.07) is 5.23. The van der Waals surface area contributed by atoms with Gasteiger partial charge in [-0.15, -0.1) is 0 Å². The molecule has 3 aromatic rings. The van der Waals surface area contributed by atoms with Gasteiger partial charge < -0.3 is 20.3 Å². The summed E-state index contributed by atoms with van der Waals surface area (Å²) in [4.78, 5) is 30.5. The molecule has 0 bridgehead atoms. The van der Waals surface area contributed by atoms with E-state index in [1.165, 1.54) is 18.3 Å². The van der Waals surface area contributed by atoms with Crippen LogP contribution in [-0.4, -0.2) is 62.4 Å². The molecule has 1 aliphatic carbocycles. The maximum Gasteiger partial charge on any atom is 0.433 e. The first-order chi connectivity index (χ1) is 19.2. The SMILES string of the molecule is CC(C)(C)OC(=O)N1CC(n2cc(C(=O)N[C@@H]3CCC[C@H](Nc4cc(C(F)(F)F)nc5ccc(Cl)cc45)C3)cn2)C1. The Balaban J connectivity index is 1.20. The molecular weight excluding hydrogens is 561 g/mol. The fourth-order valence-electron chi connectivity index (χ4n) is 5.16. The van der Waals surface area contributed by atoms with Crippen molar-refractivity contribution in [3.63, 3.8) is 0 Å². The number of hydrogen-bond donors (Lipinski definition) is 2. The zero-order valence-corrected chi connectivity index (χ0v) is 23.7. The molecule has 2 atom stereocenters. The molecule has 220 valence electrons. The fourth-order valence-corrected chi connectivity index (χ4v) is 5.33. The van der Waals surface area contributed by atoms with Crippen LogP contribution in [0.4, 0.5) is 23.7 Å². The number of ether oxygens (including phenoxy) is 1. The van der Waals surface area contributed by atoms with Crippen LogP contribution in [-0.2, 0) is 10.9 Å². The molecule has 2 fully saturated rings. The monoisotopic (exact) mass is 592 g/mol. The topological polar surface area (TPSA) is 101 Å². The lowest BCUT2D eigenvalue weighted by Gasteiger charge is -2.39. The van der Waals surface area contributed by atoms with Gasteiger partial charge in [-0.1, -0.05) is 11.6 Å². The van der Waals surface area contributed by atoms with Crippen LogP contribution in [0.5, 0.6) is 0 Å². The minimum atomic E-state index is -4.59. The second-order valence-electron chi connectivity index (χ2n) is 11.6. The summed E-state index contributed by atoms with van der Waals surface area (Å²) in [5, 5.41) is 11.5. The zero-order valence-electron chi connectivity index (χ0n) is 23.0. The first-order valence-electron chi connectivity index (χ1n) is 13.5. The number of halogens is 4. The molecule has 2 amide bonds. The van der Waals surface area contributed by atoms with E-state index in [9.17, 15) is 22.8 Å². The van der Waals surface area contributed by atoms with Crippen LogP contribution < -0.4 is 10.6 Å². The van der Waals surface area contributed by atoms with Crippen molar-refractivity contribution in [1.82, 2.24) is 25.0 Å². The van der Waals surface area contributed by atoms with E-state index >= 15 is 0 Å². The van der Waals surface area contributed by atoms with E-state index in [2.05, 4.69) is 20.7 Å². The number of amides is 2. The van der Waals surface area contributed by atoms with E-state index < -0.39 is 17.5 Å². The Morgan fingerprint density at radius 1 is 1.10 bits per heavy atom. The third-order valence-corrected chi connectivity index (χ3v) is 7.42. The number of anilines is 1. The van der Waals surface area contributed by atoms with Gasteiger partial charge in [-0.2, -0.15) is 18.3 Å². The van der Waals surface area contributed by atoms with E-state index in [0.29, 0.717) is 41.2 Å². The third-order valence-electron chi connectivity index (χ3n) is 7.18. The zero-order chi connectivity index (χ0) is 29.5. The average molecular weight is 593 g/mol. The number of carbonyl (C=O) groups excluding carboxylic acids is 2. The molecule has 1 aliphatic heterocycles. The highest BCUT2D eigenvalue weighted by atomic mass is 35.5. The van der Waals surface area contributed by atoms with Gasteiger partial charge in [0.1, 0.15) is 11.3 Å². The smallest absolute Gasteiger partial charge is 0.433 e. The van der Waals surface area contributed by atoms with Gasteiger partial charge >= 0.3 is 12.3 Å². The van der Waals surface area contributed by atoms with Gasteiger partial charge in [-0.05, 0) is 70.7 Å². The number of nitrogens with one attached hydrogen (secondary N) is 2. The molecule has 9 nitrogen and oxygen atoms in total. The molecule has 2 aromatic heterocycles. The highest BCUT2D eigenvalue weighted by molar-refractivity contribution is 6.31. The van der Waals surface area contributed by atoms with Crippen LogP contribution in [0.3, 0.4) is 0 Å². The number of hydrogen-bond acceptors (Lipinski definition) is 6. The number of benzene rings is 1. The van der Waals surface area contributed by atoms with Gasteiger partial charge in [0, 0.05) is 47.5 Å². The molecule has 1 saturated heterocycles. The number of likely N-dealkylation sites (tertiary alicyclic amines) is 1. The summed E-state index contributed by atoms with van der Waals surface area (Å²) in [5.41, 5.74) is -0.638. The van der Waals surface area contributed by atoms with E-state index in [1.54, 1.807) is 21.8 Å². The van der Waals surface area contributed by atoms with Crippen molar-refractivity contribution in [2.45, 2.75) is 76.4 Å². The van der Waals surface area contributed by atoms with Crippen molar-refractivity contribution in [3.05, 3.63) is 52.9 Å². The van der Waals surface area contributed by atoms with E-state index in [1.807, 2.05) is 20.8 Å². The van der Waals surface area contributed by atoms with E-state index in [4.69, 9.17) is 16.3 Å². The molecular formula is C28H32ClF3N6O3. The van der Waals surface area contributed by atoms with Crippen molar-refractivity contribution in [2.75, 3.05) is 18.4 Å². The van der Waals surface area contributed by atoms with Crippen molar-refractivity contribution in [2.24, 2.45) is 0 Å². The molecule has 5 rings (SSSR count). The predicted molar refractivity (Wildman–Crippen MR) is 148 cm³/mol. The van der Waals surface area contributed by atoms with E-state index in [-0.39, 0.29) is 35.6 Å². The molecule has 13 heteroatoms. The van der Waals surface area contributed by atoms with Crippen LogP contribution in [0.15, 0.2) is 36.7 Å². The molecule has 0 spiro atoms. The molecule has 41 heavy (non-hydrogen) atoms. The fraction of sp³-hybridized carbons (Fsp3) is 0.500. The minimum absolute atomic E-state index is 0.0439. The normalized spacial score (nSPS) is 20.0. The van der Waals surface area contributed by atoms with Crippen molar-refractivity contribution < 1.29 is 27.5 Å². The largest absolute Gasteiger partial charge is 0.444 e. The third kappa shape index (κ3) is 6.86. The first-order valence-corrected chi connectivity index (χ1v) is 13.9. The van der Waals surface area contributed by atoms with Gasteiger partial charge in [-0.3, -0.25) is 9.48 Å². The Kier molecular flexibility index (Phi) is 7.80. The summed E-state index contributed by atoms with van der Waals surface area (Å²) in [6.45, 7) is 6.32. The highest BCUT2D eigenvalue weighted by Crippen LogP contribution is 2.35. The maximum absolute atomic E-state index is 13.5. The Hall–Kier alpha value is -3.54. The summed E-state index contributed by atoms with van der Waals surface area (Å²) in [7, 11) is 0. The van der Waals surface area contributed by atoms with Crippen LogP contribution in [0.25, 0.3) is 10.9 Å². The lowest BCUT2D eigenvalue weighted by Crippen LogP contribution is -2.52. The standard InChI is InChI=1S/C28H32ClF3N6O3/c1-27(2,3)41-26(40)37-14-20(15-37)38-13-16(12-33-38)25(39)35-19-6-4-5-18(10-19)34-23-11-24(28(30,31)32)36-22-8-7-17(29)9-21(22)23/h7-9,11-13,18-20H,4-6,10,14-15H2,1-3H3,(H,34,36)(H,35,39)/t18-,19+/m0/s1. The lowest BCUT2D eigenvalue weighted by atomic mass is 9.90. The number of fused-ring (bicyclic) bond motifs is 1. The lowest BCUT2D eigenvalue weighted by molar-refractivity contribution is -0.140. The predicted octanol–water partition coefficient (Wildman–Crippen LogP) is 6.05. The quantitative estimate of drug-likeness (QED) is 0.374. The van der Waals surface area contributed by atoms with Crippen LogP contribution in [0.2, 0.25) is 5.02 Å². The second kappa shape index (κ2) is 11.0. The number of rotatable bonds is 5. The van der Waals surface area contributed by atoms with Gasteiger partial charge in [-0.25, -0.2) is 9.78 Å². The molecule has 1 aromatic carbocycles. The Morgan fingerprint density at radius 3 is 2.54 bits per heavy atom. The average Bonchev–Trinajstić information content (AvgIpc) is 3.32. The Labute approximate surface area is 240 Å². The molecule has 0 radical (unpaired) electrons. The number of nitrogens with zero attached hydrogens (tertiary/aromatic N) is 4. The van der Waals surface area contributed by atoms with Gasteiger partial charge in [0.25, 0.3) is 5.91 Å². The molecule has 3 heterocycles. The van der Waals surface area contributed by atoms with Gasteiger partial charge in [0.15, 0.2) is 0 Å². The van der Waals surface area contributed by atoms with E-state index in [0.717, 1.165) is 25.3 Å². The number of carbonyl (C=O) groups is 2. The maximum atomic E-state index is 13.5. The number of alkyl halides is 3. The Morgan fingerprint density at radius 2 is 1.83 bits per heavy atom. The van der Waals surface area contributed by atoms with Gasteiger partial charge in [0.2, 0.25) is 0 Å². The summed E-state index contributed by atoms with van der Waals surface area (Å²) in [6.07, 6.45) is 1.02. The molecule has 2 aliphatic rings. The summed E-state index contributed by atoms with van der Waals surface area (Å²) >= 11 is 6.12. The van der Waals surface area contributed by atoms with Gasteiger partial charge in [0.05, 0.1) is 23.3 Å². The first kappa shape index (κ1) is 29.0. The molecule has 2 N–H and O–H groups in total. The second-order valence-corrected chi connectivity index (χ2v) is 12.1. The number of aromatic nitrogens is 3.